The molecule has 0 aliphatic carbocycles. The fourth-order valence-electron chi connectivity index (χ4n) is 1.82. The van der Waals surface area contributed by atoms with E-state index in [9.17, 15) is 13.6 Å². The van der Waals surface area contributed by atoms with Gasteiger partial charge in [0.2, 0.25) is 0 Å². The van der Waals surface area contributed by atoms with E-state index in [2.05, 4.69) is 5.32 Å². The zero-order chi connectivity index (χ0) is 14.7. The summed E-state index contributed by atoms with van der Waals surface area (Å²) >= 11 is 5.82. The van der Waals surface area contributed by atoms with Gasteiger partial charge in [-0.1, -0.05) is 29.8 Å². The summed E-state index contributed by atoms with van der Waals surface area (Å²) in [5.41, 5.74) is 0.523. The number of amides is 1. The molecule has 0 radical (unpaired) electrons. The average Bonchev–Trinajstić information content (AvgIpc) is 2.39. The first-order chi connectivity index (χ1) is 9.49. The van der Waals surface area contributed by atoms with E-state index < -0.39 is 17.8 Å². The highest BCUT2D eigenvalue weighted by atomic mass is 35.5. The zero-order valence-corrected chi connectivity index (χ0v) is 11.4. The number of halogens is 3. The number of carbonyl (C=O) groups is 1. The highest BCUT2D eigenvalue weighted by Gasteiger charge is 2.18. The Balaban J connectivity index is 2.17. The Morgan fingerprint density at radius 1 is 1.15 bits per heavy atom. The van der Waals surface area contributed by atoms with Gasteiger partial charge < -0.3 is 5.32 Å². The fraction of sp³-hybridized carbons (Fsp3) is 0.133. The summed E-state index contributed by atoms with van der Waals surface area (Å²) in [6.45, 7) is 1.72. The van der Waals surface area contributed by atoms with Gasteiger partial charge in [-0.25, -0.2) is 8.78 Å². The second-order valence-electron chi connectivity index (χ2n) is 4.34. The van der Waals surface area contributed by atoms with E-state index in [0.29, 0.717) is 5.56 Å². The van der Waals surface area contributed by atoms with Crippen molar-refractivity contribution in [1.29, 1.82) is 0 Å². The van der Waals surface area contributed by atoms with Gasteiger partial charge in [-0.3, -0.25) is 4.79 Å². The molecule has 5 heteroatoms. The first-order valence-electron chi connectivity index (χ1n) is 5.99. The molecule has 1 unspecified atom stereocenters. The van der Waals surface area contributed by atoms with Gasteiger partial charge in [0.1, 0.15) is 11.6 Å². The number of rotatable bonds is 3. The van der Waals surface area contributed by atoms with Gasteiger partial charge in [0.05, 0.1) is 16.6 Å². The largest absolute Gasteiger partial charge is 0.345 e. The molecule has 0 heterocycles. The third-order valence-corrected chi connectivity index (χ3v) is 3.22. The van der Waals surface area contributed by atoms with Crippen molar-refractivity contribution in [2.45, 2.75) is 13.0 Å². The van der Waals surface area contributed by atoms with Crippen LogP contribution in [0.25, 0.3) is 0 Å². The van der Waals surface area contributed by atoms with Crippen molar-refractivity contribution in [3.63, 3.8) is 0 Å². The van der Waals surface area contributed by atoms with Crippen LogP contribution in [0.5, 0.6) is 0 Å². The minimum atomic E-state index is -0.679. The SMILES string of the molecule is CC(NC(=O)c1c(F)cccc1Cl)c1ccc(F)cc1. The lowest BCUT2D eigenvalue weighted by molar-refractivity contribution is 0.0936. The molecule has 0 spiro atoms. The lowest BCUT2D eigenvalue weighted by Gasteiger charge is -2.15. The molecule has 0 saturated carbocycles. The van der Waals surface area contributed by atoms with E-state index in [4.69, 9.17) is 11.6 Å². The minimum Gasteiger partial charge on any atom is -0.345 e. The highest BCUT2D eigenvalue weighted by Crippen LogP contribution is 2.20. The fourth-order valence-corrected chi connectivity index (χ4v) is 2.07. The van der Waals surface area contributed by atoms with Crippen LogP contribution in [0.4, 0.5) is 8.78 Å². The lowest BCUT2D eigenvalue weighted by Crippen LogP contribution is -2.27. The Kier molecular flexibility index (Phi) is 4.35. The smallest absolute Gasteiger partial charge is 0.256 e. The summed E-state index contributed by atoms with van der Waals surface area (Å²) in [5, 5.41) is 2.68. The third kappa shape index (κ3) is 3.14. The number of hydrogen-bond donors (Lipinski definition) is 1. The van der Waals surface area contributed by atoms with E-state index in [0.717, 1.165) is 0 Å². The van der Waals surface area contributed by atoms with Crippen molar-refractivity contribution in [2.75, 3.05) is 0 Å². The van der Waals surface area contributed by atoms with Gasteiger partial charge in [0, 0.05) is 0 Å². The number of nitrogens with one attached hydrogen (secondary N) is 1. The standard InChI is InChI=1S/C15H12ClF2NO/c1-9(10-5-7-11(17)8-6-10)19-15(20)14-12(16)3-2-4-13(14)18/h2-9H,1H3,(H,19,20). The van der Waals surface area contributed by atoms with Gasteiger partial charge in [-0.2, -0.15) is 0 Å². The van der Waals surface area contributed by atoms with Crippen molar-refractivity contribution in [3.8, 4) is 0 Å². The molecular weight excluding hydrogens is 284 g/mol. The van der Waals surface area contributed by atoms with E-state index in [1.54, 1.807) is 19.1 Å². The van der Waals surface area contributed by atoms with Crippen LogP contribution < -0.4 is 5.32 Å². The molecule has 0 fully saturated rings. The van der Waals surface area contributed by atoms with E-state index in [-0.39, 0.29) is 16.4 Å². The molecule has 1 atom stereocenters. The molecule has 104 valence electrons. The molecule has 1 amide bonds. The van der Waals surface area contributed by atoms with Gasteiger partial charge in [-0.05, 0) is 36.8 Å². The molecule has 1 N–H and O–H groups in total. The number of hydrogen-bond acceptors (Lipinski definition) is 1. The average molecular weight is 296 g/mol. The van der Waals surface area contributed by atoms with Gasteiger partial charge in [0.15, 0.2) is 0 Å². The second kappa shape index (κ2) is 6.01. The number of carbonyl (C=O) groups excluding carboxylic acids is 1. The second-order valence-corrected chi connectivity index (χ2v) is 4.75. The first kappa shape index (κ1) is 14.5. The molecule has 0 saturated heterocycles. The summed E-state index contributed by atoms with van der Waals surface area (Å²) in [4.78, 5) is 12.0. The maximum atomic E-state index is 13.6. The minimum absolute atomic E-state index is 0.0498. The maximum absolute atomic E-state index is 13.6. The predicted molar refractivity (Wildman–Crippen MR) is 73.7 cm³/mol. The lowest BCUT2D eigenvalue weighted by atomic mass is 10.1. The molecule has 2 aromatic carbocycles. The van der Waals surface area contributed by atoms with Crippen LogP contribution in [0.15, 0.2) is 42.5 Å². The molecule has 2 nitrogen and oxygen atoms in total. The van der Waals surface area contributed by atoms with E-state index in [1.165, 1.54) is 30.3 Å². The summed E-state index contributed by atoms with van der Waals surface area (Å²) in [6.07, 6.45) is 0. The van der Waals surface area contributed by atoms with Crippen molar-refractivity contribution >= 4 is 17.5 Å². The molecule has 2 rings (SSSR count). The van der Waals surface area contributed by atoms with Crippen LogP contribution in [-0.2, 0) is 0 Å². The molecule has 20 heavy (non-hydrogen) atoms. The van der Waals surface area contributed by atoms with E-state index in [1.807, 2.05) is 0 Å². The summed E-state index contributed by atoms with van der Waals surface area (Å²) in [5.74, 6) is -1.64. The predicted octanol–water partition coefficient (Wildman–Crippen LogP) is 4.11. The van der Waals surface area contributed by atoms with Gasteiger partial charge in [-0.15, -0.1) is 0 Å². The summed E-state index contributed by atoms with van der Waals surface area (Å²) < 4.78 is 26.4. The van der Waals surface area contributed by atoms with E-state index >= 15 is 0 Å². The Morgan fingerprint density at radius 2 is 1.80 bits per heavy atom. The third-order valence-electron chi connectivity index (χ3n) is 2.91. The van der Waals surface area contributed by atoms with Crippen LogP contribution >= 0.6 is 11.6 Å². The first-order valence-corrected chi connectivity index (χ1v) is 6.37. The summed E-state index contributed by atoms with van der Waals surface area (Å²) in [6, 6.07) is 9.37. The van der Waals surface area contributed by atoms with Crippen LogP contribution in [0, 0.1) is 11.6 Å². The van der Waals surface area contributed by atoms with Crippen LogP contribution in [0.2, 0.25) is 5.02 Å². The van der Waals surface area contributed by atoms with Crippen LogP contribution in [0.1, 0.15) is 28.9 Å². The summed E-state index contributed by atoms with van der Waals surface area (Å²) in [7, 11) is 0. The molecule has 0 aromatic heterocycles. The quantitative estimate of drug-likeness (QED) is 0.907. The molecule has 2 aromatic rings. The topological polar surface area (TPSA) is 29.1 Å². The van der Waals surface area contributed by atoms with Crippen molar-refractivity contribution in [2.24, 2.45) is 0 Å². The molecule has 0 bridgehead atoms. The molecule has 0 aliphatic rings. The van der Waals surface area contributed by atoms with Crippen molar-refractivity contribution in [1.82, 2.24) is 5.32 Å². The van der Waals surface area contributed by atoms with Crippen LogP contribution in [-0.4, -0.2) is 5.91 Å². The highest BCUT2D eigenvalue weighted by molar-refractivity contribution is 6.33. The van der Waals surface area contributed by atoms with Gasteiger partial charge in [0.25, 0.3) is 5.91 Å². The monoisotopic (exact) mass is 295 g/mol. The van der Waals surface area contributed by atoms with Crippen molar-refractivity contribution in [3.05, 3.63) is 70.2 Å². The molecular formula is C15H12ClF2NO. The Labute approximate surface area is 120 Å². The number of benzene rings is 2. The Bertz CT molecular complexity index is 608. The Hall–Kier alpha value is -1.94. The zero-order valence-electron chi connectivity index (χ0n) is 10.7. The Morgan fingerprint density at radius 3 is 2.40 bits per heavy atom. The van der Waals surface area contributed by atoms with Crippen LogP contribution in [0.3, 0.4) is 0 Å². The van der Waals surface area contributed by atoms with Gasteiger partial charge >= 0.3 is 0 Å². The molecule has 0 aliphatic heterocycles. The maximum Gasteiger partial charge on any atom is 0.256 e. The van der Waals surface area contributed by atoms with Crippen molar-refractivity contribution < 1.29 is 13.6 Å². The normalized spacial score (nSPS) is 12.0.